The maximum absolute atomic E-state index is 11.8. The Morgan fingerprint density at radius 1 is 1.16 bits per heavy atom. The molecular weight excluding hydrogens is 336 g/mol. The Kier molecular flexibility index (Phi) is 7.43. The van der Waals surface area contributed by atoms with Crippen molar-refractivity contribution >= 4 is 23.6 Å². The largest absolute Gasteiger partial charge is 0.481 e. The van der Waals surface area contributed by atoms with Crippen LogP contribution in [0.25, 0.3) is 0 Å². The fourth-order valence-electron chi connectivity index (χ4n) is 2.08. The fourth-order valence-corrected chi connectivity index (χ4v) is 2.08. The highest BCUT2D eigenvalue weighted by atomic mass is 16.5. The van der Waals surface area contributed by atoms with Gasteiger partial charge in [0.2, 0.25) is 0 Å². The van der Waals surface area contributed by atoms with E-state index in [9.17, 15) is 29.7 Å². The van der Waals surface area contributed by atoms with Gasteiger partial charge < -0.3 is 36.3 Å². The zero-order valence-electron chi connectivity index (χ0n) is 13.2. The van der Waals surface area contributed by atoms with E-state index in [1.54, 1.807) is 0 Å². The molecule has 0 fully saturated rings. The summed E-state index contributed by atoms with van der Waals surface area (Å²) in [5.74, 6) is -3.32. The molecule has 25 heavy (non-hydrogen) atoms. The molecule has 1 amide bonds. The molecule has 0 saturated carbocycles. The van der Waals surface area contributed by atoms with Crippen LogP contribution in [-0.2, 0) is 19.1 Å². The molecule has 1 aliphatic carbocycles. The summed E-state index contributed by atoms with van der Waals surface area (Å²) in [4.78, 5) is 33.5. The number of ether oxygens (including phenoxy) is 1. The Labute approximate surface area is 142 Å². The standard InChI is InChI=1S/C15H20N2O8/c16-7-1-4-10(13(14(7)23)15(17)24)25-12(22)6-3-9(19)8(18)2-5-11(20)21/h1,4,8-9,14,16,18-19,23H,2-3,5-6H2,(H2,17,24)(H,20,21). The van der Waals surface area contributed by atoms with E-state index in [2.05, 4.69) is 0 Å². The van der Waals surface area contributed by atoms with Crippen LogP contribution in [0.3, 0.4) is 0 Å². The molecule has 0 saturated heterocycles. The second-order valence-corrected chi connectivity index (χ2v) is 5.41. The van der Waals surface area contributed by atoms with Crippen LogP contribution in [0.2, 0.25) is 0 Å². The number of primary amides is 1. The van der Waals surface area contributed by atoms with Crippen molar-refractivity contribution in [3.8, 4) is 0 Å². The summed E-state index contributed by atoms with van der Waals surface area (Å²) >= 11 is 0. The van der Waals surface area contributed by atoms with Gasteiger partial charge in [-0.25, -0.2) is 0 Å². The van der Waals surface area contributed by atoms with Crippen molar-refractivity contribution in [2.75, 3.05) is 0 Å². The summed E-state index contributed by atoms with van der Waals surface area (Å²) in [6, 6.07) is 0. The number of aliphatic hydroxyl groups excluding tert-OH is 3. The van der Waals surface area contributed by atoms with E-state index >= 15 is 0 Å². The molecule has 1 rings (SSSR count). The monoisotopic (exact) mass is 356 g/mol. The molecule has 7 N–H and O–H groups in total. The number of rotatable bonds is 9. The Morgan fingerprint density at radius 3 is 2.24 bits per heavy atom. The maximum Gasteiger partial charge on any atom is 0.311 e. The number of carboxylic acid groups (broad SMARTS) is 1. The second kappa shape index (κ2) is 9.06. The van der Waals surface area contributed by atoms with Crippen molar-refractivity contribution in [2.45, 2.75) is 44.0 Å². The lowest BCUT2D eigenvalue weighted by molar-refractivity contribution is -0.141. The first kappa shape index (κ1) is 20.5. The van der Waals surface area contributed by atoms with Crippen LogP contribution >= 0.6 is 0 Å². The fraction of sp³-hybridized carbons (Fsp3) is 0.467. The molecule has 0 aromatic rings. The van der Waals surface area contributed by atoms with Crippen LogP contribution in [0, 0.1) is 5.41 Å². The van der Waals surface area contributed by atoms with E-state index in [1.165, 1.54) is 0 Å². The smallest absolute Gasteiger partial charge is 0.311 e. The van der Waals surface area contributed by atoms with E-state index < -0.39 is 41.7 Å². The molecular formula is C15H20N2O8. The summed E-state index contributed by atoms with van der Waals surface area (Å²) in [5, 5.41) is 44.9. The summed E-state index contributed by atoms with van der Waals surface area (Å²) < 4.78 is 4.92. The van der Waals surface area contributed by atoms with Crippen LogP contribution < -0.4 is 5.73 Å². The molecule has 138 valence electrons. The maximum atomic E-state index is 11.8. The third kappa shape index (κ3) is 6.10. The predicted octanol–water partition coefficient (Wildman–Crippen LogP) is -1.41. The molecule has 1 aliphatic rings. The Hall–Kier alpha value is -2.56. The molecule has 3 unspecified atom stereocenters. The lowest BCUT2D eigenvalue weighted by atomic mass is 9.98. The average molecular weight is 356 g/mol. The van der Waals surface area contributed by atoms with Gasteiger partial charge in [0, 0.05) is 12.8 Å². The highest BCUT2D eigenvalue weighted by molar-refractivity contribution is 6.09. The van der Waals surface area contributed by atoms with Gasteiger partial charge in [0.1, 0.15) is 11.9 Å². The topological polar surface area (TPSA) is 191 Å². The average Bonchev–Trinajstić information content (AvgIpc) is 2.53. The van der Waals surface area contributed by atoms with Crippen molar-refractivity contribution in [3.05, 3.63) is 23.5 Å². The third-order valence-electron chi connectivity index (χ3n) is 3.48. The first-order valence-electron chi connectivity index (χ1n) is 7.40. The van der Waals surface area contributed by atoms with E-state index in [0.29, 0.717) is 0 Å². The Bertz CT molecular complexity index is 625. The van der Waals surface area contributed by atoms with E-state index in [4.69, 9.17) is 21.0 Å². The van der Waals surface area contributed by atoms with E-state index in [0.717, 1.165) is 12.2 Å². The normalized spacial score (nSPS) is 19.5. The zero-order chi connectivity index (χ0) is 19.1. The van der Waals surface area contributed by atoms with Crippen LogP contribution in [0.1, 0.15) is 25.7 Å². The summed E-state index contributed by atoms with van der Waals surface area (Å²) in [6.45, 7) is 0. The molecule has 10 heteroatoms. The number of hydrogen-bond acceptors (Lipinski definition) is 8. The number of aliphatic hydroxyl groups is 3. The molecule has 0 spiro atoms. The molecule has 0 heterocycles. The zero-order valence-corrected chi connectivity index (χ0v) is 13.2. The number of amides is 1. The van der Waals surface area contributed by atoms with Crippen LogP contribution in [0.4, 0.5) is 0 Å². The molecule has 10 nitrogen and oxygen atoms in total. The van der Waals surface area contributed by atoms with Crippen LogP contribution in [0.5, 0.6) is 0 Å². The summed E-state index contributed by atoms with van der Waals surface area (Å²) in [7, 11) is 0. The highest BCUT2D eigenvalue weighted by Crippen LogP contribution is 2.20. The molecule has 0 aromatic carbocycles. The summed E-state index contributed by atoms with van der Waals surface area (Å²) in [5.41, 5.74) is 4.39. The van der Waals surface area contributed by atoms with Gasteiger partial charge in [0.15, 0.2) is 0 Å². The molecule has 0 aliphatic heterocycles. The second-order valence-electron chi connectivity index (χ2n) is 5.41. The van der Waals surface area contributed by atoms with Gasteiger partial charge in [-0.2, -0.15) is 0 Å². The Balaban J connectivity index is 2.61. The minimum atomic E-state index is -1.60. The minimum Gasteiger partial charge on any atom is -0.481 e. The van der Waals surface area contributed by atoms with E-state index in [-0.39, 0.29) is 37.2 Å². The van der Waals surface area contributed by atoms with Crippen molar-refractivity contribution in [1.29, 1.82) is 5.41 Å². The Morgan fingerprint density at radius 2 is 1.72 bits per heavy atom. The molecule has 0 radical (unpaired) electrons. The number of allylic oxidation sites excluding steroid dienone is 1. The minimum absolute atomic E-state index is 0.167. The van der Waals surface area contributed by atoms with Crippen LogP contribution in [-0.4, -0.2) is 62.3 Å². The molecule has 3 atom stereocenters. The first-order valence-corrected chi connectivity index (χ1v) is 7.40. The highest BCUT2D eigenvalue weighted by Gasteiger charge is 2.29. The van der Waals surface area contributed by atoms with Gasteiger partial charge in [-0.15, -0.1) is 0 Å². The lowest BCUT2D eigenvalue weighted by Gasteiger charge is -2.20. The number of nitrogens with one attached hydrogen (secondary N) is 1. The van der Waals surface area contributed by atoms with Gasteiger partial charge in [-0.3, -0.25) is 14.4 Å². The summed E-state index contributed by atoms with van der Waals surface area (Å²) in [6.07, 6.45) is -2.96. The molecule has 0 aromatic heterocycles. The van der Waals surface area contributed by atoms with Gasteiger partial charge in [-0.05, 0) is 25.0 Å². The number of carbonyl (C=O) groups is 3. The number of carboxylic acids is 1. The van der Waals surface area contributed by atoms with Gasteiger partial charge in [0.25, 0.3) is 5.91 Å². The van der Waals surface area contributed by atoms with Crippen LogP contribution in [0.15, 0.2) is 23.5 Å². The van der Waals surface area contributed by atoms with E-state index in [1.807, 2.05) is 0 Å². The quantitative estimate of drug-likeness (QED) is 0.271. The first-order chi connectivity index (χ1) is 11.6. The van der Waals surface area contributed by atoms with Crippen molar-refractivity contribution in [1.82, 2.24) is 0 Å². The number of hydrogen-bond donors (Lipinski definition) is 6. The predicted molar refractivity (Wildman–Crippen MR) is 83.3 cm³/mol. The number of carbonyl (C=O) groups excluding carboxylic acids is 2. The number of aliphatic carboxylic acids is 1. The molecule has 0 bridgehead atoms. The van der Waals surface area contributed by atoms with Gasteiger partial charge in [-0.1, -0.05) is 0 Å². The number of nitrogens with two attached hydrogens (primary N) is 1. The van der Waals surface area contributed by atoms with Gasteiger partial charge in [0.05, 0.1) is 23.5 Å². The van der Waals surface area contributed by atoms with Crippen molar-refractivity contribution in [2.24, 2.45) is 5.73 Å². The van der Waals surface area contributed by atoms with Gasteiger partial charge >= 0.3 is 11.9 Å². The van der Waals surface area contributed by atoms with Crippen molar-refractivity contribution in [3.63, 3.8) is 0 Å². The lowest BCUT2D eigenvalue weighted by Crippen LogP contribution is -2.33. The third-order valence-corrected chi connectivity index (χ3v) is 3.48. The number of esters is 1. The SMILES string of the molecule is N=C1C=CC(OC(=O)CCC(O)C(O)CCC(=O)O)=C(C(N)=O)C1O. The van der Waals surface area contributed by atoms with Crippen molar-refractivity contribution < 1.29 is 39.5 Å².